The summed E-state index contributed by atoms with van der Waals surface area (Å²) in [4.78, 5) is 12.2. The summed E-state index contributed by atoms with van der Waals surface area (Å²) in [5, 5.41) is 11.1. The lowest BCUT2D eigenvalue weighted by molar-refractivity contribution is -0.123. The molecule has 1 atom stereocenters. The minimum Gasteiger partial charge on any atom is -0.492 e. The predicted molar refractivity (Wildman–Crippen MR) is 75.2 cm³/mol. The number of hydrogen-bond acceptors (Lipinski definition) is 5. The Labute approximate surface area is 126 Å². The molecule has 21 heavy (non-hydrogen) atoms. The molecule has 1 aromatic heterocycles. The fraction of sp³-hybridized carbons (Fsp3) is 0.357. The van der Waals surface area contributed by atoms with Gasteiger partial charge in [0.15, 0.2) is 0 Å². The number of aromatic nitrogens is 2. The van der Waals surface area contributed by atoms with Crippen LogP contribution in [0.4, 0.5) is 0 Å². The van der Waals surface area contributed by atoms with Crippen LogP contribution in [0.5, 0.6) is 5.75 Å². The number of benzene rings is 1. The van der Waals surface area contributed by atoms with Gasteiger partial charge in [0.2, 0.25) is 17.7 Å². The second-order valence-corrected chi connectivity index (χ2v) is 5.14. The number of nitrogens with zero attached hydrogens (tertiary/aromatic N) is 2. The lowest BCUT2D eigenvalue weighted by atomic mass is 10.0. The van der Waals surface area contributed by atoms with Gasteiger partial charge in [0, 0.05) is 17.0 Å². The highest BCUT2D eigenvalue weighted by molar-refractivity contribution is 6.30. The van der Waals surface area contributed by atoms with Gasteiger partial charge in [-0.25, -0.2) is 0 Å². The summed E-state index contributed by atoms with van der Waals surface area (Å²) < 4.78 is 10.8. The molecule has 0 saturated heterocycles. The van der Waals surface area contributed by atoms with Gasteiger partial charge in [-0.1, -0.05) is 18.5 Å². The molecule has 1 aliphatic rings. The van der Waals surface area contributed by atoms with E-state index in [1.54, 1.807) is 18.2 Å². The van der Waals surface area contributed by atoms with E-state index in [0.717, 1.165) is 5.56 Å². The van der Waals surface area contributed by atoms with Crippen molar-refractivity contribution in [3.05, 3.63) is 40.6 Å². The molecule has 110 valence electrons. The van der Waals surface area contributed by atoms with Crippen LogP contribution in [0.25, 0.3) is 0 Å². The van der Waals surface area contributed by atoms with Gasteiger partial charge in [-0.2, -0.15) is 0 Å². The van der Waals surface area contributed by atoms with E-state index in [2.05, 4.69) is 15.5 Å². The first kappa shape index (κ1) is 13.9. The first-order valence-corrected chi connectivity index (χ1v) is 7.06. The third-order valence-corrected chi connectivity index (χ3v) is 3.53. The van der Waals surface area contributed by atoms with Gasteiger partial charge in [0.1, 0.15) is 18.3 Å². The summed E-state index contributed by atoms with van der Waals surface area (Å²) in [6.07, 6.45) is 0.670. The van der Waals surface area contributed by atoms with Gasteiger partial charge in [-0.05, 0) is 18.2 Å². The monoisotopic (exact) mass is 307 g/mol. The van der Waals surface area contributed by atoms with E-state index in [0.29, 0.717) is 35.6 Å². The standard InChI is InChI=1S/C14H14ClN3O3/c1-2-12-17-18-13(21-12)6-16-14(19)10-7-20-11-4-3-8(15)5-9(10)11/h3-5,10H,2,6-7H2,1H3,(H,16,19). The number of amides is 1. The quantitative estimate of drug-likeness (QED) is 0.935. The Hall–Kier alpha value is -2.08. The molecule has 2 aromatic rings. The molecule has 1 aliphatic heterocycles. The summed E-state index contributed by atoms with van der Waals surface area (Å²) in [6, 6.07) is 5.28. The molecule has 7 heteroatoms. The van der Waals surface area contributed by atoms with E-state index < -0.39 is 0 Å². The van der Waals surface area contributed by atoms with Crippen LogP contribution >= 0.6 is 11.6 Å². The number of rotatable bonds is 4. The van der Waals surface area contributed by atoms with E-state index in [4.69, 9.17) is 20.8 Å². The topological polar surface area (TPSA) is 77.2 Å². The number of halogens is 1. The summed E-state index contributed by atoms with van der Waals surface area (Å²) in [5.74, 6) is 1.14. The zero-order valence-electron chi connectivity index (χ0n) is 11.4. The van der Waals surface area contributed by atoms with Crippen LogP contribution in [0.2, 0.25) is 5.02 Å². The molecule has 0 radical (unpaired) electrons. The fourth-order valence-electron chi connectivity index (χ4n) is 2.19. The highest BCUT2D eigenvalue weighted by Crippen LogP contribution is 2.35. The zero-order chi connectivity index (χ0) is 14.8. The number of hydrogen-bond donors (Lipinski definition) is 1. The van der Waals surface area contributed by atoms with Gasteiger partial charge >= 0.3 is 0 Å². The maximum atomic E-state index is 12.2. The summed E-state index contributed by atoms with van der Waals surface area (Å²) in [6.45, 7) is 2.44. The predicted octanol–water partition coefficient (Wildman–Crippen LogP) is 2.08. The zero-order valence-corrected chi connectivity index (χ0v) is 12.2. The Bertz CT molecular complexity index is 671. The van der Waals surface area contributed by atoms with Crippen molar-refractivity contribution in [2.45, 2.75) is 25.8 Å². The van der Waals surface area contributed by atoms with Crippen LogP contribution in [-0.4, -0.2) is 22.7 Å². The molecular weight excluding hydrogens is 294 g/mol. The lowest BCUT2D eigenvalue weighted by Gasteiger charge is -2.08. The van der Waals surface area contributed by atoms with Crippen LogP contribution in [-0.2, 0) is 17.8 Å². The molecule has 2 heterocycles. The van der Waals surface area contributed by atoms with E-state index in [9.17, 15) is 4.79 Å². The summed E-state index contributed by atoms with van der Waals surface area (Å²) in [7, 11) is 0. The lowest BCUT2D eigenvalue weighted by Crippen LogP contribution is -2.29. The largest absolute Gasteiger partial charge is 0.492 e. The first-order chi connectivity index (χ1) is 10.2. The van der Waals surface area contributed by atoms with Gasteiger partial charge in [0.05, 0.1) is 6.54 Å². The van der Waals surface area contributed by atoms with Crippen molar-refractivity contribution in [2.24, 2.45) is 0 Å². The average molecular weight is 308 g/mol. The van der Waals surface area contributed by atoms with Crippen LogP contribution < -0.4 is 10.1 Å². The Morgan fingerprint density at radius 3 is 3.00 bits per heavy atom. The Morgan fingerprint density at radius 2 is 2.24 bits per heavy atom. The van der Waals surface area contributed by atoms with Crippen LogP contribution in [0, 0.1) is 0 Å². The van der Waals surface area contributed by atoms with Crippen LogP contribution in [0.3, 0.4) is 0 Å². The highest BCUT2D eigenvalue weighted by Gasteiger charge is 2.30. The second-order valence-electron chi connectivity index (χ2n) is 4.71. The number of aryl methyl sites for hydroxylation is 1. The van der Waals surface area contributed by atoms with Crippen LogP contribution in [0.1, 0.15) is 30.2 Å². The third-order valence-electron chi connectivity index (χ3n) is 3.29. The number of carbonyl (C=O) groups excluding carboxylic acids is 1. The molecule has 1 N–H and O–H groups in total. The van der Waals surface area contributed by atoms with Gasteiger partial charge in [0.25, 0.3) is 0 Å². The Balaban J connectivity index is 1.66. The van der Waals surface area contributed by atoms with Crippen molar-refractivity contribution in [1.82, 2.24) is 15.5 Å². The minimum atomic E-state index is -0.368. The van der Waals surface area contributed by atoms with Crippen molar-refractivity contribution in [1.29, 1.82) is 0 Å². The third kappa shape index (κ3) is 2.85. The Kier molecular flexibility index (Phi) is 3.79. The first-order valence-electron chi connectivity index (χ1n) is 6.68. The van der Waals surface area contributed by atoms with Crippen molar-refractivity contribution < 1.29 is 13.9 Å². The number of ether oxygens (including phenoxy) is 1. The minimum absolute atomic E-state index is 0.146. The van der Waals surface area contributed by atoms with E-state index >= 15 is 0 Å². The SMILES string of the molecule is CCc1nnc(CNC(=O)C2COc3ccc(Cl)cc32)o1. The van der Waals surface area contributed by atoms with Gasteiger partial charge < -0.3 is 14.5 Å². The molecule has 6 nitrogen and oxygen atoms in total. The van der Waals surface area contributed by atoms with Gasteiger partial charge in [-0.3, -0.25) is 4.79 Å². The van der Waals surface area contributed by atoms with Crippen molar-refractivity contribution in [3.8, 4) is 5.75 Å². The number of nitrogens with one attached hydrogen (secondary N) is 1. The molecule has 1 unspecified atom stereocenters. The number of fused-ring (bicyclic) bond motifs is 1. The van der Waals surface area contributed by atoms with Crippen LogP contribution in [0.15, 0.2) is 22.6 Å². The summed E-state index contributed by atoms with van der Waals surface area (Å²) in [5.41, 5.74) is 0.805. The summed E-state index contributed by atoms with van der Waals surface area (Å²) >= 11 is 5.96. The molecule has 0 bridgehead atoms. The molecule has 1 aromatic carbocycles. The highest BCUT2D eigenvalue weighted by atomic mass is 35.5. The van der Waals surface area contributed by atoms with E-state index in [1.807, 2.05) is 6.92 Å². The van der Waals surface area contributed by atoms with Crippen molar-refractivity contribution in [2.75, 3.05) is 6.61 Å². The van der Waals surface area contributed by atoms with Gasteiger partial charge in [-0.15, -0.1) is 10.2 Å². The average Bonchev–Trinajstić information content (AvgIpc) is 3.10. The van der Waals surface area contributed by atoms with Crippen molar-refractivity contribution in [3.63, 3.8) is 0 Å². The smallest absolute Gasteiger partial charge is 0.235 e. The molecule has 0 fully saturated rings. The Morgan fingerprint density at radius 1 is 1.43 bits per heavy atom. The van der Waals surface area contributed by atoms with Crippen molar-refractivity contribution >= 4 is 17.5 Å². The fourth-order valence-corrected chi connectivity index (χ4v) is 2.37. The molecule has 0 aliphatic carbocycles. The molecule has 1 amide bonds. The molecular formula is C14H14ClN3O3. The maximum Gasteiger partial charge on any atom is 0.235 e. The molecule has 3 rings (SSSR count). The maximum absolute atomic E-state index is 12.2. The van der Waals surface area contributed by atoms with E-state index in [1.165, 1.54) is 0 Å². The number of carbonyl (C=O) groups is 1. The second kappa shape index (κ2) is 5.73. The van der Waals surface area contributed by atoms with E-state index in [-0.39, 0.29) is 18.4 Å². The normalized spacial score (nSPS) is 16.4. The molecule has 0 spiro atoms. The molecule has 0 saturated carbocycles.